The van der Waals surface area contributed by atoms with Crippen molar-refractivity contribution in [3.63, 3.8) is 0 Å². The molecule has 11 heteroatoms. The van der Waals surface area contributed by atoms with Gasteiger partial charge in [0.2, 0.25) is 15.9 Å². The molecule has 29 heavy (non-hydrogen) atoms. The molecule has 1 aliphatic rings. The van der Waals surface area contributed by atoms with Crippen LogP contribution in [0.15, 0.2) is 46.0 Å². The van der Waals surface area contributed by atoms with E-state index in [-0.39, 0.29) is 29.0 Å². The second-order valence-corrected chi connectivity index (χ2v) is 11.7. The topological polar surface area (TPSA) is 127 Å². The number of benzene rings is 1. The second-order valence-electron chi connectivity index (χ2n) is 6.98. The van der Waals surface area contributed by atoms with Crippen molar-refractivity contribution >= 4 is 37.3 Å². The van der Waals surface area contributed by atoms with Crippen LogP contribution in [0.1, 0.15) is 24.0 Å². The minimum absolute atomic E-state index is 0.166. The van der Waals surface area contributed by atoms with Crippen molar-refractivity contribution in [3.8, 4) is 0 Å². The number of thiophene rings is 1. The number of sulfonamides is 2. The summed E-state index contributed by atoms with van der Waals surface area (Å²) in [7, 11) is -7.15. The summed E-state index contributed by atoms with van der Waals surface area (Å²) < 4.78 is 49.3. The van der Waals surface area contributed by atoms with Crippen molar-refractivity contribution in [3.05, 3.63) is 52.9 Å². The molecule has 1 aromatic carbocycles. The molecule has 1 fully saturated rings. The Hall–Kier alpha value is -1.79. The Bertz CT molecular complexity index is 1050. The van der Waals surface area contributed by atoms with Crippen molar-refractivity contribution < 1.29 is 21.6 Å². The number of rotatable bonds is 7. The summed E-state index contributed by atoms with van der Waals surface area (Å²) in [6, 6.07) is 10.0. The molecule has 0 radical (unpaired) electrons. The highest BCUT2D eigenvalue weighted by Crippen LogP contribution is 2.26. The smallest absolute Gasteiger partial charge is 0.252 e. The first-order chi connectivity index (χ1) is 13.6. The van der Waals surface area contributed by atoms with E-state index in [9.17, 15) is 21.6 Å². The largest absolute Gasteiger partial charge is 0.352 e. The van der Waals surface area contributed by atoms with Gasteiger partial charge in [-0.15, -0.1) is 11.3 Å². The van der Waals surface area contributed by atoms with Crippen LogP contribution in [0.25, 0.3) is 0 Å². The molecule has 0 spiro atoms. The Labute approximate surface area is 174 Å². The molecule has 2 heterocycles. The Balaban J connectivity index is 1.57. The van der Waals surface area contributed by atoms with Gasteiger partial charge in [0.1, 0.15) is 4.21 Å². The number of hydrogen-bond donors (Lipinski definition) is 2. The standard InChI is InChI=1S/C18H23N3O5S3/c19-28(23,24)13-15-7-5-14(6-8-15)11-20-18(22)16-3-1-9-21(12-16)29(25,26)17-4-2-10-27-17/h2,4-8,10,16H,1,3,9,11-13H2,(H,20,22)(H2,19,23,24). The fourth-order valence-corrected chi connectivity index (χ4v) is 6.56. The highest BCUT2D eigenvalue weighted by molar-refractivity contribution is 7.91. The SMILES string of the molecule is NS(=O)(=O)Cc1ccc(CNC(=O)C2CCCN(S(=O)(=O)c3cccs3)C2)cc1. The number of nitrogens with zero attached hydrogens (tertiary/aromatic N) is 1. The van der Waals surface area contributed by atoms with Gasteiger partial charge >= 0.3 is 0 Å². The molecule has 1 aliphatic heterocycles. The lowest BCUT2D eigenvalue weighted by Crippen LogP contribution is -2.45. The fourth-order valence-electron chi connectivity index (χ4n) is 3.23. The van der Waals surface area contributed by atoms with Crippen LogP contribution >= 0.6 is 11.3 Å². The first-order valence-electron chi connectivity index (χ1n) is 9.05. The van der Waals surface area contributed by atoms with Gasteiger partial charge in [0.25, 0.3) is 10.0 Å². The number of hydrogen-bond acceptors (Lipinski definition) is 6. The zero-order valence-electron chi connectivity index (χ0n) is 15.7. The second kappa shape index (κ2) is 8.92. The third-order valence-electron chi connectivity index (χ3n) is 4.70. The van der Waals surface area contributed by atoms with E-state index < -0.39 is 26.0 Å². The zero-order chi connectivity index (χ0) is 21.1. The minimum Gasteiger partial charge on any atom is -0.352 e. The molecule has 0 saturated carbocycles. The number of nitrogens with one attached hydrogen (secondary N) is 1. The van der Waals surface area contributed by atoms with Gasteiger partial charge in [0.15, 0.2) is 0 Å². The van der Waals surface area contributed by atoms with E-state index in [1.165, 1.54) is 15.6 Å². The van der Waals surface area contributed by atoms with Crippen molar-refractivity contribution in [2.45, 2.75) is 29.3 Å². The first-order valence-corrected chi connectivity index (χ1v) is 13.1. The molecule has 8 nitrogen and oxygen atoms in total. The van der Waals surface area contributed by atoms with E-state index in [1.807, 2.05) is 0 Å². The molecule has 158 valence electrons. The van der Waals surface area contributed by atoms with Crippen molar-refractivity contribution in [2.75, 3.05) is 13.1 Å². The molecule has 0 aliphatic carbocycles. The highest BCUT2D eigenvalue weighted by Gasteiger charge is 2.33. The molecular weight excluding hydrogens is 434 g/mol. The van der Waals surface area contributed by atoms with Crippen LogP contribution in [0.4, 0.5) is 0 Å². The summed E-state index contributed by atoms with van der Waals surface area (Å²) in [5.41, 5.74) is 1.39. The third kappa shape index (κ3) is 5.86. The molecule has 1 saturated heterocycles. The van der Waals surface area contributed by atoms with Gasteiger partial charge < -0.3 is 5.32 Å². The van der Waals surface area contributed by atoms with E-state index in [0.717, 1.165) is 5.56 Å². The number of carbonyl (C=O) groups excluding carboxylic acids is 1. The lowest BCUT2D eigenvalue weighted by atomic mass is 9.98. The summed E-state index contributed by atoms with van der Waals surface area (Å²) in [5, 5.41) is 9.59. The van der Waals surface area contributed by atoms with Crippen LogP contribution in [0.5, 0.6) is 0 Å². The van der Waals surface area contributed by atoms with E-state index in [1.54, 1.807) is 41.8 Å². The van der Waals surface area contributed by atoms with Crippen molar-refractivity contribution in [2.24, 2.45) is 11.1 Å². The minimum atomic E-state index is -3.59. The molecule has 1 amide bonds. The van der Waals surface area contributed by atoms with Gasteiger partial charge in [0.05, 0.1) is 11.7 Å². The molecular formula is C18H23N3O5S3. The summed E-state index contributed by atoms with van der Waals surface area (Å²) in [4.78, 5) is 12.6. The number of carbonyl (C=O) groups is 1. The van der Waals surface area contributed by atoms with Gasteiger partial charge in [-0.3, -0.25) is 4.79 Å². The Morgan fingerprint density at radius 2 is 1.83 bits per heavy atom. The number of nitrogens with two attached hydrogens (primary N) is 1. The van der Waals surface area contributed by atoms with Crippen LogP contribution in [-0.2, 0) is 37.1 Å². The van der Waals surface area contributed by atoms with Crippen LogP contribution < -0.4 is 10.5 Å². The lowest BCUT2D eigenvalue weighted by molar-refractivity contribution is -0.126. The predicted molar refractivity (Wildman–Crippen MR) is 111 cm³/mol. The summed E-state index contributed by atoms with van der Waals surface area (Å²) >= 11 is 1.17. The van der Waals surface area contributed by atoms with Crippen LogP contribution in [0.3, 0.4) is 0 Å². The highest BCUT2D eigenvalue weighted by atomic mass is 32.2. The molecule has 2 aromatic rings. The van der Waals surface area contributed by atoms with E-state index >= 15 is 0 Å². The maximum atomic E-state index is 12.7. The summed E-state index contributed by atoms with van der Waals surface area (Å²) in [5.74, 6) is -0.833. The lowest BCUT2D eigenvalue weighted by Gasteiger charge is -2.30. The average molecular weight is 458 g/mol. The van der Waals surface area contributed by atoms with Crippen LogP contribution in [-0.4, -0.2) is 40.1 Å². The van der Waals surface area contributed by atoms with Crippen LogP contribution in [0.2, 0.25) is 0 Å². The Morgan fingerprint density at radius 1 is 1.14 bits per heavy atom. The first kappa shape index (κ1) is 21.9. The van der Waals surface area contributed by atoms with E-state index in [0.29, 0.717) is 24.9 Å². The van der Waals surface area contributed by atoms with Crippen LogP contribution in [0, 0.1) is 5.92 Å². The van der Waals surface area contributed by atoms with E-state index in [4.69, 9.17) is 5.14 Å². The maximum Gasteiger partial charge on any atom is 0.252 e. The monoisotopic (exact) mass is 457 g/mol. The van der Waals surface area contributed by atoms with Gasteiger partial charge in [-0.2, -0.15) is 4.31 Å². The van der Waals surface area contributed by atoms with Crippen molar-refractivity contribution in [1.29, 1.82) is 0 Å². The molecule has 1 aromatic heterocycles. The Kier molecular flexibility index (Phi) is 6.74. The zero-order valence-corrected chi connectivity index (χ0v) is 18.1. The average Bonchev–Trinajstić information content (AvgIpc) is 3.22. The number of amides is 1. The molecule has 1 atom stereocenters. The molecule has 1 unspecified atom stereocenters. The molecule has 0 bridgehead atoms. The van der Waals surface area contributed by atoms with Crippen molar-refractivity contribution in [1.82, 2.24) is 9.62 Å². The normalized spacial score (nSPS) is 18.4. The Morgan fingerprint density at radius 3 is 2.45 bits per heavy atom. The van der Waals surface area contributed by atoms with Gasteiger partial charge in [-0.25, -0.2) is 22.0 Å². The maximum absolute atomic E-state index is 12.7. The fraction of sp³-hybridized carbons (Fsp3) is 0.389. The van der Waals surface area contributed by atoms with Gasteiger partial charge in [-0.1, -0.05) is 30.3 Å². The van der Waals surface area contributed by atoms with E-state index in [2.05, 4.69) is 5.32 Å². The molecule has 3 rings (SSSR count). The predicted octanol–water partition coefficient (Wildman–Crippen LogP) is 1.25. The summed E-state index contributed by atoms with van der Waals surface area (Å²) in [6.07, 6.45) is 1.26. The number of primary sulfonamides is 1. The molecule has 3 N–H and O–H groups in total. The number of piperidine rings is 1. The third-order valence-corrected chi connectivity index (χ3v) is 8.68. The quantitative estimate of drug-likeness (QED) is 0.647. The van der Waals surface area contributed by atoms with Gasteiger partial charge in [0, 0.05) is 19.6 Å². The summed E-state index contributed by atoms with van der Waals surface area (Å²) in [6.45, 7) is 0.859. The van der Waals surface area contributed by atoms with Gasteiger partial charge in [-0.05, 0) is 35.4 Å².